The third-order valence-electron chi connectivity index (χ3n) is 2.43. The van der Waals surface area contributed by atoms with Crippen LogP contribution in [-0.2, 0) is 6.54 Å². The van der Waals surface area contributed by atoms with Gasteiger partial charge in [-0.2, -0.15) is 0 Å². The number of nitrogens with two attached hydrogens (primary N) is 1. The molecule has 2 rings (SSSR count). The van der Waals surface area contributed by atoms with Gasteiger partial charge in [0.1, 0.15) is 10.8 Å². The molecule has 0 atom stereocenters. The Labute approximate surface area is 119 Å². The van der Waals surface area contributed by atoms with Crippen LogP contribution in [0, 0.1) is 17.7 Å². The molecule has 102 valence electrons. The minimum absolute atomic E-state index is 0.0367. The summed E-state index contributed by atoms with van der Waals surface area (Å²) in [7, 11) is 0. The molecule has 20 heavy (non-hydrogen) atoms. The maximum Gasteiger partial charge on any atom is 0.254 e. The lowest BCUT2D eigenvalue weighted by Gasteiger charge is -2.05. The highest BCUT2D eigenvalue weighted by molar-refractivity contribution is 7.09. The predicted molar refractivity (Wildman–Crippen MR) is 75.6 cm³/mol. The van der Waals surface area contributed by atoms with Gasteiger partial charge in [-0.3, -0.25) is 4.79 Å². The zero-order valence-electron chi connectivity index (χ0n) is 10.5. The zero-order chi connectivity index (χ0) is 14.4. The molecule has 2 aromatic rings. The maximum absolute atomic E-state index is 13.7. The van der Waals surface area contributed by atoms with Gasteiger partial charge in [-0.05, 0) is 18.2 Å². The number of amides is 1. The van der Waals surface area contributed by atoms with Crippen molar-refractivity contribution in [2.24, 2.45) is 5.73 Å². The molecule has 0 saturated carbocycles. The van der Waals surface area contributed by atoms with Crippen LogP contribution in [0.2, 0.25) is 0 Å². The summed E-state index contributed by atoms with van der Waals surface area (Å²) in [5.41, 5.74) is 5.79. The standard InChI is InChI=1S/C14H12FN3OS/c15-12-4-3-10(2-1-5-16)8-11(12)14(19)18-9-13-17-6-7-20-13/h3-4,6-8H,5,9,16H2,(H,18,19). The molecular formula is C14H12FN3OS. The highest BCUT2D eigenvalue weighted by Gasteiger charge is 2.12. The number of hydrogen-bond acceptors (Lipinski definition) is 4. The molecule has 0 saturated heterocycles. The Kier molecular flexibility index (Phi) is 4.82. The summed E-state index contributed by atoms with van der Waals surface area (Å²) in [6.45, 7) is 0.484. The molecule has 0 bridgehead atoms. The topological polar surface area (TPSA) is 68.0 Å². The van der Waals surface area contributed by atoms with Gasteiger partial charge >= 0.3 is 0 Å². The first kappa shape index (κ1) is 14.2. The van der Waals surface area contributed by atoms with E-state index in [1.165, 1.54) is 29.5 Å². The summed E-state index contributed by atoms with van der Waals surface area (Å²) in [5.74, 6) is 4.35. The minimum Gasteiger partial charge on any atom is -0.345 e. The van der Waals surface area contributed by atoms with Crippen LogP contribution in [0.25, 0.3) is 0 Å². The molecule has 1 amide bonds. The van der Waals surface area contributed by atoms with Crippen molar-refractivity contribution >= 4 is 17.2 Å². The number of carbonyl (C=O) groups excluding carboxylic acids is 1. The van der Waals surface area contributed by atoms with Crippen LogP contribution in [0.4, 0.5) is 4.39 Å². The van der Waals surface area contributed by atoms with Crippen molar-refractivity contribution in [3.8, 4) is 11.8 Å². The van der Waals surface area contributed by atoms with Gasteiger partial charge in [0.15, 0.2) is 0 Å². The lowest BCUT2D eigenvalue weighted by molar-refractivity contribution is 0.0947. The van der Waals surface area contributed by atoms with Crippen LogP contribution in [0.3, 0.4) is 0 Å². The molecule has 1 heterocycles. The highest BCUT2D eigenvalue weighted by Crippen LogP contribution is 2.11. The summed E-state index contributed by atoms with van der Waals surface area (Å²) in [6.07, 6.45) is 1.65. The van der Waals surface area contributed by atoms with Crippen molar-refractivity contribution in [2.75, 3.05) is 6.54 Å². The van der Waals surface area contributed by atoms with E-state index in [-0.39, 0.29) is 18.7 Å². The first-order valence-electron chi connectivity index (χ1n) is 5.86. The van der Waals surface area contributed by atoms with Gasteiger partial charge in [-0.25, -0.2) is 9.37 Å². The molecule has 0 aliphatic carbocycles. The lowest BCUT2D eigenvalue weighted by Crippen LogP contribution is -2.23. The van der Waals surface area contributed by atoms with E-state index in [0.717, 1.165) is 5.01 Å². The summed E-state index contributed by atoms with van der Waals surface area (Å²) >= 11 is 1.42. The fraction of sp³-hybridized carbons (Fsp3) is 0.143. The van der Waals surface area contributed by atoms with E-state index in [2.05, 4.69) is 22.1 Å². The van der Waals surface area contributed by atoms with Crippen LogP contribution in [-0.4, -0.2) is 17.4 Å². The maximum atomic E-state index is 13.7. The Morgan fingerprint density at radius 1 is 1.50 bits per heavy atom. The second-order valence-electron chi connectivity index (χ2n) is 3.81. The van der Waals surface area contributed by atoms with E-state index < -0.39 is 11.7 Å². The normalized spacial score (nSPS) is 9.70. The van der Waals surface area contributed by atoms with E-state index in [1.807, 2.05) is 5.38 Å². The third-order valence-corrected chi connectivity index (χ3v) is 3.21. The molecule has 0 unspecified atom stereocenters. The predicted octanol–water partition coefficient (Wildman–Crippen LogP) is 1.52. The molecule has 0 radical (unpaired) electrons. The molecule has 0 aliphatic rings. The van der Waals surface area contributed by atoms with Crippen LogP contribution in [0.15, 0.2) is 29.8 Å². The van der Waals surface area contributed by atoms with Gasteiger partial charge < -0.3 is 11.1 Å². The van der Waals surface area contributed by atoms with Crippen molar-refractivity contribution < 1.29 is 9.18 Å². The van der Waals surface area contributed by atoms with Gasteiger partial charge in [0, 0.05) is 17.1 Å². The van der Waals surface area contributed by atoms with Crippen molar-refractivity contribution in [1.82, 2.24) is 10.3 Å². The third kappa shape index (κ3) is 3.63. The monoisotopic (exact) mass is 289 g/mol. The van der Waals surface area contributed by atoms with E-state index in [4.69, 9.17) is 5.73 Å². The Hall–Kier alpha value is -2.23. The smallest absolute Gasteiger partial charge is 0.254 e. The van der Waals surface area contributed by atoms with Crippen LogP contribution in [0.1, 0.15) is 20.9 Å². The van der Waals surface area contributed by atoms with Crippen molar-refractivity contribution in [3.63, 3.8) is 0 Å². The van der Waals surface area contributed by atoms with Gasteiger partial charge in [0.2, 0.25) is 0 Å². The second kappa shape index (κ2) is 6.80. The number of hydrogen-bond donors (Lipinski definition) is 2. The second-order valence-corrected chi connectivity index (χ2v) is 4.79. The number of carbonyl (C=O) groups is 1. The lowest BCUT2D eigenvalue weighted by atomic mass is 10.1. The van der Waals surface area contributed by atoms with Crippen molar-refractivity contribution in [1.29, 1.82) is 0 Å². The first-order valence-corrected chi connectivity index (χ1v) is 6.73. The Balaban J connectivity index is 2.12. The van der Waals surface area contributed by atoms with Crippen LogP contribution in [0.5, 0.6) is 0 Å². The number of nitrogens with zero attached hydrogens (tertiary/aromatic N) is 1. The first-order chi connectivity index (χ1) is 9.70. The fourth-order valence-electron chi connectivity index (χ4n) is 1.52. The number of halogens is 1. The highest BCUT2D eigenvalue weighted by atomic mass is 32.1. The van der Waals surface area contributed by atoms with E-state index in [0.29, 0.717) is 5.56 Å². The zero-order valence-corrected chi connectivity index (χ0v) is 11.3. The molecule has 0 spiro atoms. The van der Waals surface area contributed by atoms with E-state index >= 15 is 0 Å². The summed E-state index contributed by atoms with van der Waals surface area (Å²) in [4.78, 5) is 16.0. The molecule has 3 N–H and O–H groups in total. The fourth-order valence-corrected chi connectivity index (χ4v) is 2.08. The Bertz CT molecular complexity index is 659. The number of thiazole rings is 1. The molecule has 0 aliphatic heterocycles. The van der Waals surface area contributed by atoms with Gasteiger partial charge in [-0.15, -0.1) is 11.3 Å². The average Bonchev–Trinajstić information content (AvgIpc) is 2.97. The van der Waals surface area contributed by atoms with Crippen LogP contribution < -0.4 is 11.1 Å². The number of aromatic nitrogens is 1. The summed E-state index contributed by atoms with van der Waals surface area (Å²) in [6, 6.07) is 4.14. The van der Waals surface area contributed by atoms with Crippen LogP contribution >= 0.6 is 11.3 Å². The van der Waals surface area contributed by atoms with Gasteiger partial charge in [-0.1, -0.05) is 11.8 Å². The molecule has 6 heteroatoms. The number of nitrogens with one attached hydrogen (secondary N) is 1. The Morgan fingerprint density at radius 3 is 3.05 bits per heavy atom. The van der Waals surface area contributed by atoms with Crippen molar-refractivity contribution in [3.05, 3.63) is 51.7 Å². The van der Waals surface area contributed by atoms with Gasteiger partial charge in [0.05, 0.1) is 18.7 Å². The quantitative estimate of drug-likeness (QED) is 0.842. The van der Waals surface area contributed by atoms with E-state index in [9.17, 15) is 9.18 Å². The molecule has 0 fully saturated rings. The molecule has 1 aromatic carbocycles. The average molecular weight is 289 g/mol. The van der Waals surface area contributed by atoms with E-state index in [1.54, 1.807) is 6.20 Å². The SMILES string of the molecule is NCC#Cc1ccc(F)c(C(=O)NCc2nccs2)c1. The largest absolute Gasteiger partial charge is 0.345 e. The molecule has 4 nitrogen and oxygen atoms in total. The summed E-state index contributed by atoms with van der Waals surface area (Å²) < 4.78 is 13.7. The molecule has 1 aromatic heterocycles. The number of benzene rings is 1. The summed E-state index contributed by atoms with van der Waals surface area (Å²) in [5, 5.41) is 5.19. The van der Waals surface area contributed by atoms with Gasteiger partial charge in [0.25, 0.3) is 5.91 Å². The number of rotatable bonds is 3. The minimum atomic E-state index is -0.583. The Morgan fingerprint density at radius 2 is 2.35 bits per heavy atom. The molecular weight excluding hydrogens is 277 g/mol. The van der Waals surface area contributed by atoms with Crippen molar-refractivity contribution in [2.45, 2.75) is 6.54 Å².